The fraction of sp³-hybridized carbons (Fsp3) is 0.333. The van der Waals surface area contributed by atoms with Crippen LogP contribution in [0.1, 0.15) is 36.9 Å². The molecule has 0 spiro atoms. The second-order valence-corrected chi connectivity index (χ2v) is 5.87. The molecule has 0 amide bonds. The second kappa shape index (κ2) is 6.50. The van der Waals surface area contributed by atoms with Crippen molar-refractivity contribution in [1.29, 1.82) is 0 Å². The number of hydrogen-bond donors (Lipinski definition) is 1. The van der Waals surface area contributed by atoms with Crippen molar-refractivity contribution in [3.05, 3.63) is 64.7 Å². The van der Waals surface area contributed by atoms with E-state index in [-0.39, 0.29) is 6.04 Å². The Labute approximate surface area is 131 Å². The third kappa shape index (κ3) is 3.78. The summed E-state index contributed by atoms with van der Waals surface area (Å²) in [6, 6.07) is 16.6. The number of rotatable bonds is 6. The van der Waals surface area contributed by atoms with E-state index >= 15 is 0 Å². The van der Waals surface area contributed by atoms with E-state index in [1.54, 1.807) is 0 Å². The molecule has 1 aliphatic carbocycles. The van der Waals surface area contributed by atoms with Crippen LogP contribution in [-0.2, 0) is 0 Å². The molecule has 1 aliphatic rings. The van der Waals surface area contributed by atoms with E-state index in [1.165, 1.54) is 24.0 Å². The number of ether oxygens (including phenoxy) is 1. The lowest BCUT2D eigenvalue weighted by Crippen LogP contribution is -2.21. The van der Waals surface area contributed by atoms with Gasteiger partial charge in [0.2, 0.25) is 0 Å². The molecule has 1 N–H and O–H groups in total. The van der Waals surface area contributed by atoms with E-state index in [0.717, 1.165) is 17.3 Å². The highest BCUT2D eigenvalue weighted by Crippen LogP contribution is 2.29. The summed E-state index contributed by atoms with van der Waals surface area (Å²) in [4.78, 5) is 0. The minimum atomic E-state index is 0.156. The Balaban J connectivity index is 1.82. The summed E-state index contributed by atoms with van der Waals surface area (Å²) in [5, 5.41) is 4.28. The fourth-order valence-electron chi connectivity index (χ4n) is 2.44. The van der Waals surface area contributed by atoms with Crippen LogP contribution in [0.5, 0.6) is 5.75 Å². The smallest absolute Gasteiger partial charge is 0.119 e. The summed E-state index contributed by atoms with van der Waals surface area (Å²) in [5.74, 6) is 0.961. The molecule has 0 aliphatic heterocycles. The Morgan fingerprint density at radius 1 is 1.14 bits per heavy atom. The number of benzene rings is 2. The van der Waals surface area contributed by atoms with Gasteiger partial charge >= 0.3 is 0 Å². The molecule has 2 nitrogen and oxygen atoms in total. The number of halogens is 1. The minimum absolute atomic E-state index is 0.156. The van der Waals surface area contributed by atoms with Crippen LogP contribution in [0.4, 0.5) is 0 Å². The summed E-state index contributed by atoms with van der Waals surface area (Å²) in [5.41, 5.74) is 2.41. The SMILES string of the molecule is CCNC(c1ccc(OC2CC2)cc1)c1cccc(Cl)c1. The third-order valence-electron chi connectivity index (χ3n) is 3.63. The highest BCUT2D eigenvalue weighted by molar-refractivity contribution is 6.30. The van der Waals surface area contributed by atoms with Crippen LogP contribution in [-0.4, -0.2) is 12.6 Å². The standard InChI is InChI=1S/C18H20ClNO/c1-2-20-18(14-4-3-5-15(19)12-14)13-6-8-16(9-7-13)21-17-10-11-17/h3-9,12,17-18,20H,2,10-11H2,1H3. The largest absolute Gasteiger partial charge is 0.490 e. The molecular formula is C18H20ClNO. The summed E-state index contributed by atoms with van der Waals surface area (Å²) in [6.45, 7) is 3.01. The zero-order valence-corrected chi connectivity index (χ0v) is 12.9. The Morgan fingerprint density at radius 3 is 2.52 bits per heavy atom. The first kappa shape index (κ1) is 14.4. The van der Waals surface area contributed by atoms with Crippen LogP contribution in [0.25, 0.3) is 0 Å². The normalized spacial score (nSPS) is 15.7. The van der Waals surface area contributed by atoms with Gasteiger partial charge in [0.1, 0.15) is 5.75 Å². The zero-order chi connectivity index (χ0) is 14.7. The maximum atomic E-state index is 6.12. The topological polar surface area (TPSA) is 21.3 Å². The molecule has 0 heterocycles. The predicted octanol–water partition coefficient (Wildman–Crippen LogP) is 4.58. The van der Waals surface area contributed by atoms with Crippen molar-refractivity contribution in [1.82, 2.24) is 5.32 Å². The summed E-state index contributed by atoms with van der Waals surface area (Å²) < 4.78 is 5.80. The summed E-state index contributed by atoms with van der Waals surface area (Å²) >= 11 is 6.12. The van der Waals surface area contributed by atoms with E-state index in [1.807, 2.05) is 18.2 Å². The minimum Gasteiger partial charge on any atom is -0.490 e. The van der Waals surface area contributed by atoms with E-state index in [9.17, 15) is 0 Å². The highest BCUT2D eigenvalue weighted by atomic mass is 35.5. The molecule has 0 saturated heterocycles. The van der Waals surface area contributed by atoms with Gasteiger partial charge in [-0.25, -0.2) is 0 Å². The molecule has 1 saturated carbocycles. The van der Waals surface area contributed by atoms with Crippen LogP contribution in [0.15, 0.2) is 48.5 Å². The van der Waals surface area contributed by atoms with Crippen molar-refractivity contribution in [2.75, 3.05) is 6.54 Å². The van der Waals surface area contributed by atoms with Crippen LogP contribution in [0, 0.1) is 0 Å². The average molecular weight is 302 g/mol. The molecule has 2 aromatic carbocycles. The number of nitrogens with one attached hydrogen (secondary N) is 1. The van der Waals surface area contributed by atoms with E-state index in [4.69, 9.17) is 16.3 Å². The lowest BCUT2D eigenvalue weighted by Gasteiger charge is -2.19. The van der Waals surface area contributed by atoms with Crippen molar-refractivity contribution in [2.45, 2.75) is 31.9 Å². The Kier molecular flexibility index (Phi) is 4.47. The molecule has 2 aromatic rings. The third-order valence-corrected chi connectivity index (χ3v) is 3.87. The predicted molar refractivity (Wildman–Crippen MR) is 87.1 cm³/mol. The van der Waals surface area contributed by atoms with Crippen LogP contribution >= 0.6 is 11.6 Å². The number of hydrogen-bond acceptors (Lipinski definition) is 2. The first-order valence-electron chi connectivity index (χ1n) is 7.51. The van der Waals surface area contributed by atoms with Gasteiger partial charge in [-0.15, -0.1) is 0 Å². The van der Waals surface area contributed by atoms with Crippen molar-refractivity contribution in [3.63, 3.8) is 0 Å². The van der Waals surface area contributed by atoms with Crippen molar-refractivity contribution >= 4 is 11.6 Å². The Bertz CT molecular complexity index is 592. The first-order chi connectivity index (χ1) is 10.3. The van der Waals surface area contributed by atoms with Gasteiger partial charge in [0, 0.05) is 5.02 Å². The molecule has 0 radical (unpaired) electrons. The quantitative estimate of drug-likeness (QED) is 0.843. The zero-order valence-electron chi connectivity index (χ0n) is 12.2. The first-order valence-corrected chi connectivity index (χ1v) is 7.89. The monoisotopic (exact) mass is 301 g/mol. The molecule has 3 heteroatoms. The lowest BCUT2D eigenvalue weighted by atomic mass is 9.98. The van der Waals surface area contributed by atoms with Gasteiger partial charge in [0.15, 0.2) is 0 Å². The molecule has 0 bridgehead atoms. The van der Waals surface area contributed by atoms with Crippen molar-refractivity contribution in [3.8, 4) is 5.75 Å². The molecule has 1 atom stereocenters. The molecule has 3 rings (SSSR count). The highest BCUT2D eigenvalue weighted by Gasteiger charge is 2.23. The molecule has 1 fully saturated rings. The van der Waals surface area contributed by atoms with Gasteiger partial charge in [-0.2, -0.15) is 0 Å². The summed E-state index contributed by atoms with van der Waals surface area (Å²) in [6.07, 6.45) is 2.81. The summed E-state index contributed by atoms with van der Waals surface area (Å²) in [7, 11) is 0. The molecule has 1 unspecified atom stereocenters. The second-order valence-electron chi connectivity index (χ2n) is 5.43. The van der Waals surface area contributed by atoms with Gasteiger partial charge < -0.3 is 10.1 Å². The molecule has 0 aromatic heterocycles. The van der Waals surface area contributed by atoms with Crippen molar-refractivity contribution in [2.24, 2.45) is 0 Å². The van der Waals surface area contributed by atoms with Gasteiger partial charge in [-0.1, -0.05) is 42.8 Å². The van der Waals surface area contributed by atoms with E-state index in [2.05, 4.69) is 42.6 Å². The Morgan fingerprint density at radius 2 is 1.90 bits per heavy atom. The van der Waals surface area contributed by atoms with Gasteiger partial charge in [0.25, 0.3) is 0 Å². The van der Waals surface area contributed by atoms with Crippen LogP contribution in [0.2, 0.25) is 5.02 Å². The van der Waals surface area contributed by atoms with Crippen molar-refractivity contribution < 1.29 is 4.74 Å². The lowest BCUT2D eigenvalue weighted by molar-refractivity contribution is 0.303. The van der Waals surface area contributed by atoms with Crippen LogP contribution < -0.4 is 10.1 Å². The van der Waals surface area contributed by atoms with E-state index < -0.39 is 0 Å². The van der Waals surface area contributed by atoms with E-state index in [0.29, 0.717) is 6.10 Å². The fourth-order valence-corrected chi connectivity index (χ4v) is 2.63. The van der Waals surface area contributed by atoms with Gasteiger partial charge in [-0.3, -0.25) is 0 Å². The maximum Gasteiger partial charge on any atom is 0.119 e. The van der Waals surface area contributed by atoms with Crippen LogP contribution in [0.3, 0.4) is 0 Å². The molecule has 110 valence electrons. The molecular weight excluding hydrogens is 282 g/mol. The molecule has 21 heavy (non-hydrogen) atoms. The average Bonchev–Trinajstić information content (AvgIpc) is 3.30. The van der Waals surface area contributed by atoms with Gasteiger partial charge in [-0.05, 0) is 54.8 Å². The maximum absolute atomic E-state index is 6.12. The Hall–Kier alpha value is -1.51. The van der Waals surface area contributed by atoms with Gasteiger partial charge in [0.05, 0.1) is 12.1 Å².